The van der Waals surface area contributed by atoms with Gasteiger partial charge in [-0.15, -0.1) is 0 Å². The molecule has 0 aliphatic carbocycles. The average molecular weight is 161 g/mol. The highest BCUT2D eigenvalue weighted by Gasteiger charge is 1.97. The number of fused-ring (bicyclic) bond motifs is 1. The van der Waals surface area contributed by atoms with Gasteiger partial charge < -0.3 is 4.98 Å². The van der Waals surface area contributed by atoms with Gasteiger partial charge in [-0.3, -0.25) is 9.78 Å². The van der Waals surface area contributed by atoms with E-state index in [0.29, 0.717) is 5.52 Å². The van der Waals surface area contributed by atoms with Crippen molar-refractivity contribution in [3.63, 3.8) is 0 Å². The van der Waals surface area contributed by atoms with Crippen molar-refractivity contribution < 1.29 is 0 Å². The number of pyridine rings is 1. The molecule has 0 aliphatic heterocycles. The van der Waals surface area contributed by atoms with Crippen molar-refractivity contribution in [3.8, 4) is 0 Å². The molecule has 0 saturated carbocycles. The van der Waals surface area contributed by atoms with Gasteiger partial charge in [-0.05, 0) is 13.0 Å². The number of hydrogen-bond acceptors (Lipinski definition) is 3. The molecule has 4 nitrogen and oxygen atoms in total. The normalized spacial score (nSPS) is 10.4. The highest BCUT2D eigenvalue weighted by atomic mass is 16.1. The fraction of sp³-hybridized carbons (Fsp3) is 0.125. The van der Waals surface area contributed by atoms with Crippen LogP contribution in [0.5, 0.6) is 0 Å². The zero-order valence-corrected chi connectivity index (χ0v) is 6.53. The van der Waals surface area contributed by atoms with Crippen LogP contribution in [0.1, 0.15) is 5.69 Å². The summed E-state index contributed by atoms with van der Waals surface area (Å²) in [5.74, 6) is 0. The number of aromatic amines is 1. The number of H-pyrrole nitrogens is 1. The zero-order chi connectivity index (χ0) is 8.55. The lowest BCUT2D eigenvalue weighted by molar-refractivity contribution is 1.15. The van der Waals surface area contributed by atoms with Crippen LogP contribution in [0, 0.1) is 6.92 Å². The Morgan fingerprint density at radius 3 is 3.08 bits per heavy atom. The molecule has 0 aromatic carbocycles. The molecule has 0 unspecified atom stereocenters. The van der Waals surface area contributed by atoms with E-state index >= 15 is 0 Å². The van der Waals surface area contributed by atoms with Gasteiger partial charge in [0.25, 0.3) is 5.56 Å². The molecule has 0 fully saturated rings. The maximum Gasteiger partial charge on any atom is 0.266 e. The Bertz CT molecular complexity index is 475. The second-order valence-corrected chi connectivity index (χ2v) is 2.54. The van der Waals surface area contributed by atoms with Crippen LogP contribution in [0.15, 0.2) is 23.3 Å². The van der Waals surface area contributed by atoms with Gasteiger partial charge in [0.15, 0.2) is 0 Å². The van der Waals surface area contributed by atoms with Gasteiger partial charge in [-0.2, -0.15) is 0 Å². The van der Waals surface area contributed by atoms with Crippen LogP contribution >= 0.6 is 0 Å². The molecule has 0 atom stereocenters. The standard InChI is InChI=1S/C8H7N3O/c1-5-8-6(2-3-9-5)10-4-7(12)11-8/h2-4H,1H3,(H,11,12). The lowest BCUT2D eigenvalue weighted by Crippen LogP contribution is -2.06. The summed E-state index contributed by atoms with van der Waals surface area (Å²) in [6, 6.07) is 1.76. The van der Waals surface area contributed by atoms with Crippen molar-refractivity contribution in [2.24, 2.45) is 0 Å². The summed E-state index contributed by atoms with van der Waals surface area (Å²) in [4.78, 5) is 21.6. The van der Waals surface area contributed by atoms with Crippen LogP contribution in [0.4, 0.5) is 0 Å². The van der Waals surface area contributed by atoms with Gasteiger partial charge in [0.2, 0.25) is 0 Å². The highest BCUT2D eigenvalue weighted by molar-refractivity contribution is 5.75. The minimum Gasteiger partial charge on any atom is -0.318 e. The Labute approximate surface area is 68.3 Å². The molecule has 1 N–H and O–H groups in total. The van der Waals surface area contributed by atoms with Crippen LogP contribution in [0.2, 0.25) is 0 Å². The molecule has 2 aromatic heterocycles. The van der Waals surface area contributed by atoms with Crippen LogP contribution < -0.4 is 5.56 Å². The van der Waals surface area contributed by atoms with Crippen molar-refractivity contribution in [1.82, 2.24) is 15.0 Å². The van der Waals surface area contributed by atoms with E-state index in [1.54, 1.807) is 12.3 Å². The summed E-state index contributed by atoms with van der Waals surface area (Å²) in [7, 11) is 0. The quantitative estimate of drug-likeness (QED) is 0.616. The van der Waals surface area contributed by atoms with Crippen molar-refractivity contribution in [1.29, 1.82) is 0 Å². The van der Waals surface area contributed by atoms with Gasteiger partial charge >= 0.3 is 0 Å². The minimum absolute atomic E-state index is 0.196. The average Bonchev–Trinajstić information content (AvgIpc) is 2.07. The Hall–Kier alpha value is -1.71. The minimum atomic E-state index is -0.196. The van der Waals surface area contributed by atoms with E-state index in [0.717, 1.165) is 11.2 Å². The topological polar surface area (TPSA) is 58.6 Å². The van der Waals surface area contributed by atoms with Crippen molar-refractivity contribution >= 4 is 11.0 Å². The fourth-order valence-corrected chi connectivity index (χ4v) is 1.10. The second kappa shape index (κ2) is 2.41. The van der Waals surface area contributed by atoms with Gasteiger partial charge in [-0.25, -0.2) is 4.98 Å². The van der Waals surface area contributed by atoms with Crippen molar-refractivity contribution in [3.05, 3.63) is 34.5 Å². The summed E-state index contributed by atoms with van der Waals surface area (Å²) in [5.41, 5.74) is 2.07. The van der Waals surface area contributed by atoms with Gasteiger partial charge in [0, 0.05) is 6.20 Å². The molecule has 4 heteroatoms. The van der Waals surface area contributed by atoms with E-state index < -0.39 is 0 Å². The molecule has 60 valence electrons. The molecule has 0 bridgehead atoms. The first-order valence-corrected chi connectivity index (χ1v) is 3.58. The van der Waals surface area contributed by atoms with E-state index in [1.807, 2.05) is 6.92 Å². The number of aromatic nitrogens is 3. The summed E-state index contributed by atoms with van der Waals surface area (Å²) in [6.07, 6.45) is 2.94. The molecular formula is C8H7N3O. The molecule has 0 saturated heterocycles. The van der Waals surface area contributed by atoms with E-state index in [1.165, 1.54) is 6.20 Å². The lowest BCUT2D eigenvalue weighted by atomic mass is 10.3. The summed E-state index contributed by atoms with van der Waals surface area (Å²) >= 11 is 0. The largest absolute Gasteiger partial charge is 0.318 e. The number of nitrogens with one attached hydrogen (secondary N) is 1. The van der Waals surface area contributed by atoms with Gasteiger partial charge in [0.05, 0.1) is 22.9 Å². The van der Waals surface area contributed by atoms with Crippen molar-refractivity contribution in [2.45, 2.75) is 6.92 Å². The molecule has 12 heavy (non-hydrogen) atoms. The summed E-state index contributed by atoms with van der Waals surface area (Å²) in [6.45, 7) is 1.83. The zero-order valence-electron chi connectivity index (χ0n) is 6.53. The second-order valence-electron chi connectivity index (χ2n) is 2.54. The maximum absolute atomic E-state index is 10.9. The van der Waals surface area contributed by atoms with Crippen LogP contribution in [0.3, 0.4) is 0 Å². The van der Waals surface area contributed by atoms with E-state index in [-0.39, 0.29) is 5.56 Å². The third kappa shape index (κ3) is 0.972. The molecule has 2 aromatic rings. The monoisotopic (exact) mass is 161 g/mol. The number of rotatable bonds is 0. The molecule has 0 amide bonds. The number of hydrogen-bond donors (Lipinski definition) is 1. The maximum atomic E-state index is 10.9. The Morgan fingerprint density at radius 2 is 2.25 bits per heavy atom. The molecule has 0 radical (unpaired) electrons. The molecule has 0 aliphatic rings. The highest BCUT2D eigenvalue weighted by Crippen LogP contribution is 2.07. The fourth-order valence-electron chi connectivity index (χ4n) is 1.10. The molecule has 0 spiro atoms. The van der Waals surface area contributed by atoms with Crippen LogP contribution in [-0.4, -0.2) is 15.0 Å². The number of nitrogens with zero attached hydrogens (tertiary/aromatic N) is 2. The summed E-state index contributed by atoms with van der Waals surface area (Å²) in [5, 5.41) is 0. The van der Waals surface area contributed by atoms with Gasteiger partial charge in [0.1, 0.15) is 0 Å². The lowest BCUT2D eigenvalue weighted by Gasteiger charge is -1.97. The molecule has 2 heterocycles. The Kier molecular flexibility index (Phi) is 1.40. The number of aryl methyl sites for hydroxylation is 1. The third-order valence-electron chi connectivity index (χ3n) is 1.69. The first-order valence-electron chi connectivity index (χ1n) is 3.58. The van der Waals surface area contributed by atoms with Gasteiger partial charge in [-0.1, -0.05) is 0 Å². The van der Waals surface area contributed by atoms with Crippen molar-refractivity contribution in [2.75, 3.05) is 0 Å². The van der Waals surface area contributed by atoms with E-state index in [2.05, 4.69) is 15.0 Å². The Balaban J connectivity index is 2.97. The third-order valence-corrected chi connectivity index (χ3v) is 1.69. The smallest absolute Gasteiger partial charge is 0.266 e. The van der Waals surface area contributed by atoms with E-state index in [4.69, 9.17) is 0 Å². The van der Waals surface area contributed by atoms with Crippen LogP contribution in [-0.2, 0) is 0 Å². The van der Waals surface area contributed by atoms with Crippen LogP contribution in [0.25, 0.3) is 11.0 Å². The first-order chi connectivity index (χ1) is 5.77. The Morgan fingerprint density at radius 1 is 1.42 bits per heavy atom. The summed E-state index contributed by atoms with van der Waals surface area (Å²) < 4.78 is 0. The predicted molar refractivity (Wildman–Crippen MR) is 44.9 cm³/mol. The first kappa shape index (κ1) is 6.97. The SMILES string of the molecule is Cc1nccc2ncc(=O)[nH]c12. The predicted octanol–water partition coefficient (Wildman–Crippen LogP) is 0.627. The molecular weight excluding hydrogens is 154 g/mol. The van der Waals surface area contributed by atoms with E-state index in [9.17, 15) is 4.79 Å². The molecule has 2 rings (SSSR count).